The first-order valence-corrected chi connectivity index (χ1v) is 5.72. The fraction of sp³-hybridized carbons (Fsp3) is 0.167. The molecule has 0 aromatic carbocycles. The number of nitrogens with two attached hydrogens (primary N) is 1. The van der Waals surface area contributed by atoms with E-state index in [1.54, 1.807) is 5.51 Å². The number of nitrogen functional groups attached to an aromatic ring is 1. The largest absolute Gasteiger partial charge is 0.467 e. The molecule has 0 unspecified atom stereocenters. The normalized spacial score (nSPS) is 10.1. The molecule has 2 heterocycles. The minimum atomic E-state index is 0.190. The van der Waals surface area contributed by atoms with Crippen LogP contribution in [0.2, 0.25) is 0 Å². The number of aromatic nitrogens is 5. The Balaban J connectivity index is 2.26. The van der Waals surface area contributed by atoms with Crippen molar-refractivity contribution in [3.05, 3.63) is 5.51 Å². The molecule has 16 heavy (non-hydrogen) atoms. The van der Waals surface area contributed by atoms with Crippen LogP contribution in [-0.4, -0.2) is 32.3 Å². The lowest BCUT2D eigenvalue weighted by atomic mass is 10.9. The number of hydrogen-bond donors (Lipinski definition) is 2. The van der Waals surface area contributed by atoms with E-state index >= 15 is 0 Å². The second-order valence-corrected chi connectivity index (χ2v) is 4.43. The molecule has 0 aliphatic heterocycles. The maximum absolute atomic E-state index is 5.22. The Morgan fingerprint density at radius 1 is 1.44 bits per heavy atom. The van der Waals surface area contributed by atoms with Crippen molar-refractivity contribution in [2.24, 2.45) is 5.84 Å². The van der Waals surface area contributed by atoms with Crippen LogP contribution >= 0.6 is 23.1 Å². The van der Waals surface area contributed by atoms with Crippen molar-refractivity contribution < 1.29 is 4.74 Å². The van der Waals surface area contributed by atoms with E-state index in [1.165, 1.54) is 30.2 Å². The highest BCUT2D eigenvalue weighted by Crippen LogP contribution is 2.26. The molecular weight excluding hydrogens is 250 g/mol. The summed E-state index contributed by atoms with van der Waals surface area (Å²) in [5.74, 6) is 5.46. The van der Waals surface area contributed by atoms with Gasteiger partial charge in [-0.2, -0.15) is 15.0 Å². The van der Waals surface area contributed by atoms with Gasteiger partial charge < -0.3 is 4.74 Å². The fourth-order valence-electron chi connectivity index (χ4n) is 0.825. The van der Waals surface area contributed by atoms with Gasteiger partial charge in [0, 0.05) is 0 Å². The van der Waals surface area contributed by atoms with Crippen LogP contribution in [0.3, 0.4) is 0 Å². The SMILES string of the molecule is COc1nc(NN)nc(Sc2nncs2)n1. The van der Waals surface area contributed by atoms with Crippen molar-refractivity contribution in [3.8, 4) is 6.01 Å². The van der Waals surface area contributed by atoms with E-state index in [2.05, 4.69) is 30.6 Å². The van der Waals surface area contributed by atoms with E-state index in [4.69, 9.17) is 10.6 Å². The van der Waals surface area contributed by atoms with Crippen molar-refractivity contribution in [3.63, 3.8) is 0 Å². The summed E-state index contributed by atoms with van der Waals surface area (Å²) in [6.45, 7) is 0. The van der Waals surface area contributed by atoms with Gasteiger partial charge in [-0.15, -0.1) is 10.2 Å². The van der Waals surface area contributed by atoms with Crippen molar-refractivity contribution >= 4 is 29.0 Å². The summed E-state index contributed by atoms with van der Waals surface area (Å²) in [4.78, 5) is 11.9. The summed E-state index contributed by atoms with van der Waals surface area (Å²) in [7, 11) is 1.47. The van der Waals surface area contributed by atoms with Gasteiger partial charge in [0.05, 0.1) is 7.11 Å². The zero-order valence-corrected chi connectivity index (χ0v) is 9.75. The van der Waals surface area contributed by atoms with Crippen LogP contribution in [0.4, 0.5) is 5.95 Å². The lowest BCUT2D eigenvalue weighted by Crippen LogP contribution is -2.12. The van der Waals surface area contributed by atoms with Crippen molar-refractivity contribution in [1.29, 1.82) is 0 Å². The van der Waals surface area contributed by atoms with Gasteiger partial charge in [0.15, 0.2) is 4.34 Å². The van der Waals surface area contributed by atoms with Crippen molar-refractivity contribution in [2.75, 3.05) is 12.5 Å². The molecule has 0 saturated carbocycles. The molecule has 2 aromatic heterocycles. The minimum absolute atomic E-state index is 0.190. The Kier molecular flexibility index (Phi) is 3.44. The van der Waals surface area contributed by atoms with E-state index in [9.17, 15) is 0 Å². The number of hydrogen-bond acceptors (Lipinski definition) is 10. The number of ether oxygens (including phenoxy) is 1. The Morgan fingerprint density at radius 3 is 2.94 bits per heavy atom. The topological polar surface area (TPSA) is 112 Å². The molecule has 0 aliphatic carbocycles. The van der Waals surface area contributed by atoms with Crippen LogP contribution in [0.25, 0.3) is 0 Å². The van der Waals surface area contributed by atoms with Crippen LogP contribution < -0.4 is 16.0 Å². The predicted octanol–water partition coefficient (Wildman–Crippen LogP) is 0.168. The molecule has 84 valence electrons. The first-order chi connectivity index (χ1) is 7.81. The van der Waals surface area contributed by atoms with Gasteiger partial charge >= 0.3 is 6.01 Å². The number of methoxy groups -OCH3 is 1. The molecule has 0 spiro atoms. The molecule has 0 bridgehead atoms. The van der Waals surface area contributed by atoms with E-state index in [1.807, 2.05) is 0 Å². The monoisotopic (exact) mass is 257 g/mol. The summed E-state index contributed by atoms with van der Waals surface area (Å²) in [5, 5.41) is 8.01. The highest BCUT2D eigenvalue weighted by atomic mass is 32.2. The first kappa shape index (κ1) is 11.0. The predicted molar refractivity (Wildman–Crippen MR) is 58.2 cm³/mol. The standard InChI is InChI=1S/C6H7N7OS2/c1-14-4-9-3(12-7)10-5(11-4)16-6-13-8-2-15-6/h2H,7H2,1H3,(H,9,10,11,12). The Morgan fingerprint density at radius 2 is 2.31 bits per heavy atom. The molecule has 0 fully saturated rings. The van der Waals surface area contributed by atoms with E-state index in [0.29, 0.717) is 5.16 Å². The van der Waals surface area contributed by atoms with Gasteiger partial charge in [-0.05, 0) is 11.8 Å². The second kappa shape index (κ2) is 5.01. The van der Waals surface area contributed by atoms with E-state index < -0.39 is 0 Å². The quantitative estimate of drug-likeness (QED) is 0.584. The average Bonchev–Trinajstić information content (AvgIpc) is 2.81. The molecule has 8 nitrogen and oxygen atoms in total. The summed E-state index contributed by atoms with van der Waals surface area (Å²) in [6, 6.07) is 0.190. The van der Waals surface area contributed by atoms with Crippen molar-refractivity contribution in [2.45, 2.75) is 9.50 Å². The fourth-order valence-corrected chi connectivity index (χ4v) is 2.15. The van der Waals surface area contributed by atoms with Crippen LogP contribution in [0.1, 0.15) is 0 Å². The van der Waals surface area contributed by atoms with Gasteiger partial charge in [-0.25, -0.2) is 5.84 Å². The third kappa shape index (κ3) is 2.53. The molecule has 10 heteroatoms. The molecule has 0 amide bonds. The number of nitrogens with zero attached hydrogens (tertiary/aromatic N) is 5. The summed E-state index contributed by atoms with van der Waals surface area (Å²) >= 11 is 2.65. The average molecular weight is 257 g/mol. The highest BCUT2D eigenvalue weighted by molar-refractivity contribution is 8.00. The highest BCUT2D eigenvalue weighted by Gasteiger charge is 2.09. The van der Waals surface area contributed by atoms with E-state index in [0.717, 1.165) is 4.34 Å². The van der Waals surface area contributed by atoms with Gasteiger partial charge in [0.25, 0.3) is 0 Å². The molecule has 0 atom stereocenters. The summed E-state index contributed by atoms with van der Waals surface area (Å²) in [6.07, 6.45) is 0. The number of rotatable bonds is 4. The molecule has 2 rings (SSSR count). The summed E-state index contributed by atoms with van der Waals surface area (Å²) < 4.78 is 5.65. The molecule has 2 aromatic rings. The van der Waals surface area contributed by atoms with Crippen molar-refractivity contribution in [1.82, 2.24) is 25.1 Å². The lowest BCUT2D eigenvalue weighted by molar-refractivity contribution is 0.373. The smallest absolute Gasteiger partial charge is 0.322 e. The van der Waals surface area contributed by atoms with Crippen LogP contribution in [0.5, 0.6) is 6.01 Å². The zero-order valence-electron chi connectivity index (χ0n) is 8.12. The van der Waals surface area contributed by atoms with Gasteiger partial charge in [-0.1, -0.05) is 11.3 Å². The Labute approximate surface area is 98.7 Å². The molecule has 0 aliphatic rings. The third-order valence-electron chi connectivity index (χ3n) is 1.42. The third-order valence-corrected chi connectivity index (χ3v) is 3.07. The lowest BCUT2D eigenvalue weighted by Gasteiger charge is -2.03. The van der Waals surface area contributed by atoms with Crippen LogP contribution in [0, 0.1) is 0 Å². The van der Waals surface area contributed by atoms with Gasteiger partial charge in [0.1, 0.15) is 5.51 Å². The molecule has 0 radical (unpaired) electrons. The Bertz CT molecular complexity index is 440. The number of anilines is 1. The van der Waals surface area contributed by atoms with Crippen LogP contribution in [0.15, 0.2) is 15.0 Å². The number of nitrogens with one attached hydrogen (secondary N) is 1. The maximum Gasteiger partial charge on any atom is 0.322 e. The van der Waals surface area contributed by atoms with Gasteiger partial charge in [0.2, 0.25) is 11.1 Å². The molecule has 3 N–H and O–H groups in total. The molecule has 0 saturated heterocycles. The molecular formula is C6H7N7OS2. The minimum Gasteiger partial charge on any atom is -0.467 e. The maximum atomic E-state index is 5.22. The second-order valence-electron chi connectivity index (χ2n) is 2.38. The van der Waals surface area contributed by atoms with Gasteiger partial charge in [-0.3, -0.25) is 5.43 Å². The van der Waals surface area contributed by atoms with E-state index in [-0.39, 0.29) is 12.0 Å². The zero-order chi connectivity index (χ0) is 11.4. The Hall–Kier alpha value is -1.52. The van der Waals surface area contributed by atoms with Crippen LogP contribution in [-0.2, 0) is 0 Å². The number of hydrazine groups is 1. The summed E-state index contributed by atoms with van der Waals surface area (Å²) in [5.41, 5.74) is 3.96. The first-order valence-electron chi connectivity index (χ1n) is 4.02.